The van der Waals surface area contributed by atoms with Crippen LogP contribution in [0.15, 0.2) is 23.4 Å². The molecule has 0 spiro atoms. The minimum Gasteiger partial charge on any atom is -0.490 e. The molecule has 1 saturated heterocycles. The van der Waals surface area contributed by atoms with E-state index in [9.17, 15) is 27.6 Å². The number of amides is 1. The molecule has 0 aromatic carbocycles. The molecule has 2 atom stereocenters. The van der Waals surface area contributed by atoms with Gasteiger partial charge >= 0.3 is 6.18 Å². The lowest BCUT2D eigenvalue weighted by Gasteiger charge is -2.35. The van der Waals surface area contributed by atoms with Crippen molar-refractivity contribution in [1.82, 2.24) is 25.1 Å². The van der Waals surface area contributed by atoms with Crippen molar-refractivity contribution in [3.63, 3.8) is 0 Å². The predicted molar refractivity (Wildman–Crippen MR) is 117 cm³/mol. The summed E-state index contributed by atoms with van der Waals surface area (Å²) in [4.78, 5) is 49.0. The fourth-order valence-electron chi connectivity index (χ4n) is 4.30. The van der Waals surface area contributed by atoms with Crippen LogP contribution >= 0.6 is 11.6 Å². The van der Waals surface area contributed by atoms with E-state index in [0.29, 0.717) is 50.0 Å². The smallest absolute Gasteiger partial charge is 0.425 e. The summed E-state index contributed by atoms with van der Waals surface area (Å²) in [5.41, 5.74) is -2.91. The summed E-state index contributed by atoms with van der Waals surface area (Å²) in [5, 5.41) is 5.50. The van der Waals surface area contributed by atoms with Crippen LogP contribution in [0.2, 0.25) is 5.02 Å². The van der Waals surface area contributed by atoms with Gasteiger partial charge in [0.25, 0.3) is 5.56 Å². The maximum absolute atomic E-state index is 13.2. The van der Waals surface area contributed by atoms with Crippen molar-refractivity contribution >= 4 is 29.2 Å². The van der Waals surface area contributed by atoms with E-state index >= 15 is 0 Å². The Balaban J connectivity index is 1.28. The van der Waals surface area contributed by atoms with Gasteiger partial charge in [-0.2, -0.15) is 18.3 Å². The topological polar surface area (TPSA) is 121 Å². The Bertz CT molecular complexity index is 1140. The first kappa shape index (κ1) is 24.9. The summed E-state index contributed by atoms with van der Waals surface area (Å²) < 4.78 is 44.6. The molecule has 3 heterocycles. The lowest BCUT2D eigenvalue weighted by molar-refractivity contribution is -0.140. The second-order valence-electron chi connectivity index (χ2n) is 8.39. The number of carbonyl (C=O) groups excluding carboxylic acids is 2. The Kier molecular flexibility index (Phi) is 7.24. The van der Waals surface area contributed by atoms with Gasteiger partial charge < -0.3 is 14.5 Å². The van der Waals surface area contributed by atoms with Crippen molar-refractivity contribution in [2.45, 2.75) is 25.4 Å². The van der Waals surface area contributed by atoms with Crippen LogP contribution in [0.3, 0.4) is 0 Å². The van der Waals surface area contributed by atoms with Crippen LogP contribution in [0.1, 0.15) is 24.8 Å². The van der Waals surface area contributed by atoms with Crippen LogP contribution in [-0.4, -0.2) is 69.5 Å². The number of ether oxygens (including phenoxy) is 1. The molecule has 4 rings (SSSR count). The average molecular weight is 515 g/mol. The standard InChI is InChI=1S/C21H22ClF3N6O4/c22-14-8-26-20(27-9-14)31-5-3-30(4-6-31)16(32)7-12-1-2-13(18(12)33)11-35-15-10-28-29-19(34)17(15)21(23,24)25/h8-10,12-13H,1-7,11H2,(H,29,34)/t12-,13+/m1/s1. The second kappa shape index (κ2) is 10.2. The number of rotatable bonds is 6. The summed E-state index contributed by atoms with van der Waals surface area (Å²) in [6.45, 7) is 1.65. The fourth-order valence-corrected chi connectivity index (χ4v) is 4.40. The van der Waals surface area contributed by atoms with Gasteiger partial charge in [0.2, 0.25) is 11.9 Å². The summed E-state index contributed by atoms with van der Waals surface area (Å²) in [5.74, 6) is -1.76. The van der Waals surface area contributed by atoms with Crippen molar-refractivity contribution < 1.29 is 27.5 Å². The zero-order chi connectivity index (χ0) is 25.2. The Morgan fingerprint density at radius 3 is 2.40 bits per heavy atom. The quantitative estimate of drug-likeness (QED) is 0.621. The molecule has 2 aromatic heterocycles. The van der Waals surface area contributed by atoms with Crippen LogP contribution in [0.4, 0.5) is 19.1 Å². The van der Waals surface area contributed by atoms with E-state index in [0.717, 1.165) is 6.20 Å². The van der Waals surface area contributed by atoms with E-state index in [1.54, 1.807) is 10.00 Å². The number of halogens is 4. The van der Waals surface area contributed by atoms with E-state index in [-0.39, 0.29) is 24.7 Å². The van der Waals surface area contributed by atoms with Crippen molar-refractivity contribution in [2.75, 3.05) is 37.7 Å². The number of anilines is 1. The first-order valence-corrected chi connectivity index (χ1v) is 11.3. The third-order valence-electron chi connectivity index (χ3n) is 6.16. The summed E-state index contributed by atoms with van der Waals surface area (Å²) in [6, 6.07) is 0. The number of carbonyl (C=O) groups is 2. The molecule has 188 valence electrons. The van der Waals surface area contributed by atoms with Crippen molar-refractivity contribution in [3.8, 4) is 5.75 Å². The molecule has 0 bridgehead atoms. The predicted octanol–water partition coefficient (Wildman–Crippen LogP) is 1.95. The minimum atomic E-state index is -4.93. The summed E-state index contributed by atoms with van der Waals surface area (Å²) >= 11 is 5.81. The molecule has 1 amide bonds. The molecule has 2 fully saturated rings. The highest BCUT2D eigenvalue weighted by Crippen LogP contribution is 2.35. The first-order valence-electron chi connectivity index (χ1n) is 10.9. The molecule has 14 heteroatoms. The normalized spacial score (nSPS) is 20.9. The zero-order valence-corrected chi connectivity index (χ0v) is 19.2. The number of nitrogens with one attached hydrogen (secondary N) is 1. The van der Waals surface area contributed by atoms with Gasteiger partial charge in [-0.3, -0.25) is 14.4 Å². The highest BCUT2D eigenvalue weighted by atomic mass is 35.5. The maximum Gasteiger partial charge on any atom is 0.425 e. The highest BCUT2D eigenvalue weighted by molar-refractivity contribution is 6.30. The van der Waals surface area contributed by atoms with Gasteiger partial charge in [0.1, 0.15) is 5.78 Å². The number of aromatic nitrogens is 4. The third-order valence-corrected chi connectivity index (χ3v) is 6.35. The molecule has 0 radical (unpaired) electrons. The van der Waals surface area contributed by atoms with Gasteiger partial charge in [0.05, 0.1) is 36.1 Å². The van der Waals surface area contributed by atoms with Gasteiger partial charge in [0.15, 0.2) is 11.3 Å². The highest BCUT2D eigenvalue weighted by Gasteiger charge is 2.40. The van der Waals surface area contributed by atoms with E-state index < -0.39 is 34.9 Å². The first-order chi connectivity index (χ1) is 16.6. The number of piperazine rings is 1. The number of ketones is 1. The van der Waals surface area contributed by atoms with Crippen molar-refractivity contribution in [2.24, 2.45) is 11.8 Å². The van der Waals surface area contributed by atoms with E-state index in [2.05, 4.69) is 15.1 Å². The maximum atomic E-state index is 13.2. The number of Topliss-reactive ketones (excluding diaryl/α,β-unsaturated/α-hetero) is 1. The van der Waals surface area contributed by atoms with Crippen LogP contribution in [0, 0.1) is 11.8 Å². The summed E-state index contributed by atoms with van der Waals surface area (Å²) in [6.07, 6.45) is -0.294. The number of aromatic amines is 1. The zero-order valence-electron chi connectivity index (χ0n) is 18.4. The number of H-pyrrole nitrogens is 1. The Morgan fingerprint density at radius 1 is 1.09 bits per heavy atom. The SMILES string of the molecule is O=C1[C@@H](CC(=O)N2CCN(c3ncc(Cl)cn3)CC2)CC[C@H]1COc1cn[nH]c(=O)c1C(F)(F)F. The molecular weight excluding hydrogens is 493 g/mol. The molecule has 1 N–H and O–H groups in total. The lowest BCUT2D eigenvalue weighted by atomic mass is 9.99. The molecule has 2 aliphatic rings. The largest absolute Gasteiger partial charge is 0.490 e. The minimum absolute atomic E-state index is 0.0349. The molecule has 1 aliphatic heterocycles. The molecule has 1 aliphatic carbocycles. The Morgan fingerprint density at radius 2 is 1.74 bits per heavy atom. The van der Waals surface area contributed by atoms with Gasteiger partial charge in [-0.05, 0) is 12.8 Å². The van der Waals surface area contributed by atoms with Gasteiger partial charge in [0, 0.05) is 38.5 Å². The van der Waals surface area contributed by atoms with Crippen molar-refractivity contribution in [1.29, 1.82) is 0 Å². The monoisotopic (exact) mass is 514 g/mol. The molecule has 35 heavy (non-hydrogen) atoms. The van der Waals surface area contributed by atoms with Gasteiger partial charge in [-0.1, -0.05) is 11.6 Å². The number of hydrogen-bond acceptors (Lipinski definition) is 8. The fraction of sp³-hybridized carbons (Fsp3) is 0.524. The van der Waals surface area contributed by atoms with Crippen LogP contribution in [-0.2, 0) is 15.8 Å². The molecule has 10 nitrogen and oxygen atoms in total. The molecule has 2 aromatic rings. The van der Waals surface area contributed by atoms with Crippen molar-refractivity contribution in [3.05, 3.63) is 39.5 Å². The van der Waals surface area contributed by atoms with Crippen LogP contribution < -0.4 is 15.2 Å². The number of alkyl halides is 3. The van der Waals surface area contributed by atoms with Gasteiger partial charge in [-0.15, -0.1) is 0 Å². The number of nitrogens with zero attached hydrogens (tertiary/aromatic N) is 5. The second-order valence-corrected chi connectivity index (χ2v) is 8.83. The third kappa shape index (κ3) is 5.72. The van der Waals surface area contributed by atoms with E-state index in [1.165, 1.54) is 12.4 Å². The van der Waals surface area contributed by atoms with Crippen LogP contribution in [0.5, 0.6) is 5.75 Å². The molecule has 0 unspecified atom stereocenters. The Hall–Kier alpha value is -3.22. The number of hydrogen-bond donors (Lipinski definition) is 1. The molecule has 1 saturated carbocycles. The lowest BCUT2D eigenvalue weighted by Crippen LogP contribution is -2.49. The summed E-state index contributed by atoms with van der Waals surface area (Å²) in [7, 11) is 0. The molecular formula is C21H22ClF3N6O4. The van der Waals surface area contributed by atoms with Crippen LogP contribution in [0.25, 0.3) is 0 Å². The average Bonchev–Trinajstić information content (AvgIpc) is 3.16. The van der Waals surface area contributed by atoms with E-state index in [1.807, 2.05) is 4.90 Å². The van der Waals surface area contributed by atoms with E-state index in [4.69, 9.17) is 16.3 Å². The van der Waals surface area contributed by atoms with Gasteiger partial charge in [-0.25, -0.2) is 15.1 Å². The Labute approximate surface area is 202 Å².